The van der Waals surface area contributed by atoms with Gasteiger partial charge in [0.15, 0.2) is 6.61 Å². The van der Waals surface area contributed by atoms with Crippen LogP contribution in [0.5, 0.6) is 5.75 Å². The minimum atomic E-state index is -0.528. The van der Waals surface area contributed by atoms with Gasteiger partial charge in [-0.2, -0.15) is 5.26 Å². The number of hydrogen-bond donors (Lipinski definition) is 3. The number of carbonyl (C=O) groups excluding carboxylic acids is 3. The van der Waals surface area contributed by atoms with Crippen molar-refractivity contribution in [2.24, 2.45) is 23.2 Å². The van der Waals surface area contributed by atoms with Gasteiger partial charge in [-0.05, 0) is 80.5 Å². The SMILES string of the molecule is N#Cc1ccc(OCC(=O)NNC(=O)CNC(=O)C23CC4CC(CC(C4)C2)C3)cc1. The van der Waals surface area contributed by atoms with Crippen LogP contribution in [0.15, 0.2) is 24.3 Å². The number of nitrogens with zero attached hydrogens (tertiary/aromatic N) is 1. The van der Waals surface area contributed by atoms with E-state index in [2.05, 4.69) is 16.2 Å². The molecular weight excluding hydrogens is 384 g/mol. The highest BCUT2D eigenvalue weighted by Crippen LogP contribution is 2.60. The number of rotatable bonds is 6. The van der Waals surface area contributed by atoms with Gasteiger partial charge in [-0.3, -0.25) is 25.2 Å². The van der Waals surface area contributed by atoms with Crippen LogP contribution in [-0.2, 0) is 14.4 Å². The van der Waals surface area contributed by atoms with E-state index < -0.39 is 11.8 Å². The van der Waals surface area contributed by atoms with Crippen LogP contribution in [0.2, 0.25) is 0 Å². The van der Waals surface area contributed by atoms with Gasteiger partial charge in [-0.15, -0.1) is 0 Å². The van der Waals surface area contributed by atoms with Crippen LogP contribution in [0.1, 0.15) is 44.1 Å². The van der Waals surface area contributed by atoms with Gasteiger partial charge in [-0.1, -0.05) is 0 Å². The average molecular weight is 410 g/mol. The Morgan fingerprint density at radius 1 is 0.967 bits per heavy atom. The molecule has 0 aliphatic heterocycles. The second kappa shape index (κ2) is 8.34. The standard InChI is InChI=1S/C22H26N4O4/c23-11-14-1-3-18(4-2-14)30-13-20(28)26-25-19(27)12-24-21(29)22-8-15-5-16(9-22)7-17(6-15)10-22/h1-4,15-17H,5-10,12-13H2,(H,24,29)(H,25,27)(H,26,28). The Morgan fingerprint density at radius 3 is 2.10 bits per heavy atom. The van der Waals surface area contributed by atoms with E-state index in [9.17, 15) is 14.4 Å². The van der Waals surface area contributed by atoms with Crippen molar-refractivity contribution in [3.05, 3.63) is 29.8 Å². The maximum absolute atomic E-state index is 12.8. The molecule has 0 saturated heterocycles. The predicted molar refractivity (Wildman–Crippen MR) is 107 cm³/mol. The third kappa shape index (κ3) is 4.40. The summed E-state index contributed by atoms with van der Waals surface area (Å²) in [5.74, 6) is 1.38. The first-order valence-corrected chi connectivity index (χ1v) is 10.4. The summed E-state index contributed by atoms with van der Waals surface area (Å²) in [6.07, 6.45) is 6.58. The zero-order valence-electron chi connectivity index (χ0n) is 16.8. The van der Waals surface area contributed by atoms with Gasteiger partial charge in [0.25, 0.3) is 11.8 Å². The van der Waals surface area contributed by atoms with Crippen LogP contribution >= 0.6 is 0 Å². The molecule has 0 radical (unpaired) electrons. The van der Waals surface area contributed by atoms with Gasteiger partial charge in [0, 0.05) is 5.41 Å². The largest absolute Gasteiger partial charge is 0.484 e. The second-order valence-corrected chi connectivity index (χ2v) is 8.90. The summed E-state index contributed by atoms with van der Waals surface area (Å²) in [4.78, 5) is 36.7. The highest BCUT2D eigenvalue weighted by atomic mass is 16.5. The van der Waals surface area contributed by atoms with E-state index in [4.69, 9.17) is 10.00 Å². The lowest BCUT2D eigenvalue weighted by Crippen LogP contribution is -2.55. The smallest absolute Gasteiger partial charge is 0.276 e. The lowest BCUT2D eigenvalue weighted by Gasteiger charge is -2.55. The number of hydrogen-bond acceptors (Lipinski definition) is 5. The van der Waals surface area contributed by atoms with Gasteiger partial charge in [0.05, 0.1) is 18.2 Å². The fourth-order valence-electron chi connectivity index (χ4n) is 5.73. The van der Waals surface area contributed by atoms with Crippen molar-refractivity contribution in [3.8, 4) is 11.8 Å². The van der Waals surface area contributed by atoms with Crippen LogP contribution in [0.25, 0.3) is 0 Å². The topological polar surface area (TPSA) is 120 Å². The zero-order chi connectivity index (χ0) is 21.1. The van der Waals surface area contributed by atoms with Crippen LogP contribution in [-0.4, -0.2) is 30.9 Å². The summed E-state index contributed by atoms with van der Waals surface area (Å²) in [5, 5.41) is 11.5. The quantitative estimate of drug-likeness (QED) is 0.613. The third-order valence-corrected chi connectivity index (χ3v) is 6.62. The summed E-state index contributed by atoms with van der Waals surface area (Å²) in [6, 6.07) is 8.34. The molecule has 1 aromatic rings. The second-order valence-electron chi connectivity index (χ2n) is 8.90. The molecule has 0 unspecified atom stereocenters. The van der Waals surface area contributed by atoms with Crippen molar-refractivity contribution in [1.82, 2.24) is 16.2 Å². The van der Waals surface area contributed by atoms with Crippen LogP contribution in [0.4, 0.5) is 0 Å². The first-order chi connectivity index (χ1) is 14.5. The van der Waals surface area contributed by atoms with Crippen LogP contribution < -0.4 is 20.9 Å². The molecule has 158 valence electrons. The average Bonchev–Trinajstić information content (AvgIpc) is 2.74. The molecule has 0 aromatic heterocycles. The van der Waals surface area contributed by atoms with Crippen LogP contribution in [0, 0.1) is 34.5 Å². The number of carbonyl (C=O) groups is 3. The Bertz CT molecular complexity index is 839. The monoisotopic (exact) mass is 410 g/mol. The Labute approximate surface area is 175 Å². The molecule has 3 N–H and O–H groups in total. The van der Waals surface area contributed by atoms with Crippen molar-refractivity contribution < 1.29 is 19.1 Å². The Balaban J connectivity index is 1.16. The first-order valence-electron chi connectivity index (χ1n) is 10.4. The lowest BCUT2D eigenvalue weighted by molar-refractivity contribution is -0.147. The summed E-state index contributed by atoms with van der Waals surface area (Å²) < 4.78 is 5.29. The fourth-order valence-corrected chi connectivity index (χ4v) is 5.73. The Kier molecular flexibility index (Phi) is 5.62. The van der Waals surface area contributed by atoms with E-state index in [0.29, 0.717) is 29.1 Å². The molecule has 4 fully saturated rings. The van der Waals surface area contributed by atoms with Crippen molar-refractivity contribution in [2.75, 3.05) is 13.2 Å². The van der Waals surface area contributed by atoms with Crippen molar-refractivity contribution in [1.29, 1.82) is 5.26 Å². The van der Waals surface area contributed by atoms with Gasteiger partial charge in [-0.25, -0.2) is 0 Å². The molecule has 4 aliphatic rings. The molecule has 4 bridgehead atoms. The molecule has 8 heteroatoms. The van der Waals surface area contributed by atoms with Crippen molar-refractivity contribution >= 4 is 17.7 Å². The summed E-state index contributed by atoms with van der Waals surface area (Å²) in [5.41, 5.74) is 4.75. The number of ether oxygens (including phenoxy) is 1. The van der Waals surface area contributed by atoms with E-state index in [0.717, 1.165) is 19.3 Å². The van der Waals surface area contributed by atoms with E-state index in [-0.39, 0.29) is 24.5 Å². The number of nitrogens with one attached hydrogen (secondary N) is 3. The first kappa shape index (κ1) is 20.2. The molecular formula is C22H26N4O4. The minimum absolute atomic E-state index is 0.0211. The zero-order valence-corrected chi connectivity index (χ0v) is 16.8. The van der Waals surface area contributed by atoms with Gasteiger partial charge in [0.2, 0.25) is 5.91 Å². The number of amides is 3. The molecule has 8 nitrogen and oxygen atoms in total. The molecule has 4 aliphatic carbocycles. The molecule has 1 aromatic carbocycles. The van der Waals surface area contributed by atoms with Crippen molar-refractivity contribution in [2.45, 2.75) is 38.5 Å². The fraction of sp³-hybridized carbons (Fsp3) is 0.545. The number of hydrazine groups is 1. The van der Waals surface area contributed by atoms with E-state index in [1.165, 1.54) is 19.3 Å². The third-order valence-electron chi connectivity index (χ3n) is 6.62. The summed E-state index contributed by atoms with van der Waals surface area (Å²) in [6.45, 7) is -0.455. The van der Waals surface area contributed by atoms with E-state index in [1.807, 2.05) is 6.07 Å². The molecule has 4 saturated carbocycles. The van der Waals surface area contributed by atoms with E-state index in [1.54, 1.807) is 24.3 Å². The molecule has 3 amide bonds. The van der Waals surface area contributed by atoms with E-state index >= 15 is 0 Å². The van der Waals surface area contributed by atoms with Gasteiger partial charge >= 0.3 is 0 Å². The molecule has 0 spiro atoms. The highest BCUT2D eigenvalue weighted by Gasteiger charge is 2.54. The van der Waals surface area contributed by atoms with Gasteiger partial charge in [0.1, 0.15) is 5.75 Å². The molecule has 0 atom stereocenters. The Morgan fingerprint density at radius 2 is 1.53 bits per heavy atom. The Hall–Kier alpha value is -3.08. The van der Waals surface area contributed by atoms with Crippen molar-refractivity contribution in [3.63, 3.8) is 0 Å². The lowest BCUT2D eigenvalue weighted by atomic mass is 9.49. The molecule has 5 rings (SSSR count). The molecule has 0 heterocycles. The normalized spacial score (nSPS) is 28.3. The maximum Gasteiger partial charge on any atom is 0.276 e. The maximum atomic E-state index is 12.8. The summed E-state index contributed by atoms with van der Waals surface area (Å²) >= 11 is 0. The number of nitriles is 1. The van der Waals surface area contributed by atoms with Crippen LogP contribution in [0.3, 0.4) is 0 Å². The molecule has 30 heavy (non-hydrogen) atoms. The highest BCUT2D eigenvalue weighted by molar-refractivity contribution is 5.89. The minimum Gasteiger partial charge on any atom is -0.484 e. The van der Waals surface area contributed by atoms with Gasteiger partial charge < -0.3 is 10.1 Å². The predicted octanol–water partition coefficient (Wildman–Crippen LogP) is 1.42. The number of benzene rings is 1. The summed E-state index contributed by atoms with van der Waals surface area (Å²) in [7, 11) is 0.